The summed E-state index contributed by atoms with van der Waals surface area (Å²) in [5, 5.41) is 14.4. The number of nitrogens with zero attached hydrogens (tertiary/aromatic N) is 2. The van der Waals surface area contributed by atoms with Crippen LogP contribution in [0.3, 0.4) is 0 Å². The van der Waals surface area contributed by atoms with Crippen LogP contribution in [0.5, 0.6) is 0 Å². The van der Waals surface area contributed by atoms with Gasteiger partial charge in [0.2, 0.25) is 0 Å². The predicted octanol–water partition coefficient (Wildman–Crippen LogP) is 2.65. The van der Waals surface area contributed by atoms with Gasteiger partial charge in [0, 0.05) is 20.2 Å². The summed E-state index contributed by atoms with van der Waals surface area (Å²) < 4.78 is 5.02. The second-order valence-electron chi connectivity index (χ2n) is 7.28. The van der Waals surface area contributed by atoms with Crippen molar-refractivity contribution in [3.05, 3.63) is 40.1 Å². The van der Waals surface area contributed by atoms with Gasteiger partial charge in [0.05, 0.1) is 12.7 Å². The molecule has 0 atom stereocenters. The molecule has 0 saturated carbocycles. The summed E-state index contributed by atoms with van der Waals surface area (Å²) in [6, 6.07) is 4.05. The van der Waals surface area contributed by atoms with E-state index in [4.69, 9.17) is 14.4 Å². The average molecular weight is 376 g/mol. The molecule has 2 aliphatic rings. The van der Waals surface area contributed by atoms with Crippen LogP contribution in [-0.2, 0) is 19.2 Å². The Balaban J connectivity index is 2.10. The van der Waals surface area contributed by atoms with Crippen LogP contribution in [0, 0.1) is 20.8 Å². The van der Waals surface area contributed by atoms with E-state index in [9.17, 15) is 9.90 Å². The zero-order valence-electron chi connectivity index (χ0n) is 16.7. The number of hydrogen-bond donors (Lipinski definition) is 1. The van der Waals surface area contributed by atoms with Crippen molar-refractivity contribution in [1.82, 2.24) is 10.1 Å². The molecule has 2 aliphatic heterocycles. The highest BCUT2D eigenvalue weighted by molar-refractivity contribution is 6.23. The van der Waals surface area contributed by atoms with Crippen molar-refractivity contribution < 1.29 is 24.3 Å². The lowest BCUT2D eigenvalue weighted by Crippen LogP contribution is -2.55. The van der Waals surface area contributed by atoms with Crippen molar-refractivity contribution in [3.8, 4) is 0 Å². The highest BCUT2D eigenvalue weighted by Gasteiger charge is 2.55. The van der Waals surface area contributed by atoms with E-state index in [1.807, 2.05) is 38.0 Å². The minimum atomic E-state index is -0.899. The van der Waals surface area contributed by atoms with Gasteiger partial charge in [-0.15, -0.1) is 0 Å². The molecule has 0 aromatic heterocycles. The third kappa shape index (κ3) is 3.25. The number of methoxy groups -OCH3 is 1. The molecule has 2 heterocycles. The minimum absolute atomic E-state index is 0.0616. The fourth-order valence-corrected chi connectivity index (χ4v) is 4.29. The smallest absolute Gasteiger partial charge is 0.282 e. The van der Waals surface area contributed by atoms with Crippen molar-refractivity contribution in [1.29, 1.82) is 0 Å². The molecule has 0 radical (unpaired) electrons. The van der Waals surface area contributed by atoms with Crippen LogP contribution in [0.25, 0.3) is 5.57 Å². The average Bonchev–Trinajstić information content (AvgIpc) is 2.82. The van der Waals surface area contributed by atoms with E-state index in [1.165, 1.54) is 12.2 Å². The molecule has 1 fully saturated rings. The number of amides is 1. The lowest BCUT2D eigenvalue weighted by molar-refractivity contribution is -0.259. The second-order valence-corrected chi connectivity index (χ2v) is 7.28. The lowest BCUT2D eigenvalue weighted by atomic mass is 9.85. The van der Waals surface area contributed by atoms with Crippen LogP contribution in [0.15, 0.2) is 17.9 Å². The molecule has 0 bridgehead atoms. The quantitative estimate of drug-likeness (QED) is 0.797. The molecule has 1 spiro atoms. The van der Waals surface area contributed by atoms with E-state index >= 15 is 0 Å². The summed E-state index contributed by atoms with van der Waals surface area (Å²) in [5.41, 5.74) is 3.24. The number of aliphatic hydroxyl groups excluding tert-OH is 1. The maximum atomic E-state index is 13.3. The van der Waals surface area contributed by atoms with Crippen molar-refractivity contribution in [2.24, 2.45) is 0 Å². The van der Waals surface area contributed by atoms with Gasteiger partial charge in [-0.05, 0) is 50.3 Å². The van der Waals surface area contributed by atoms with E-state index in [0.717, 1.165) is 22.3 Å². The molecule has 7 heteroatoms. The van der Waals surface area contributed by atoms with E-state index in [0.29, 0.717) is 31.5 Å². The third-order valence-electron chi connectivity index (χ3n) is 5.50. The number of ether oxygens (including phenoxy) is 1. The highest BCUT2D eigenvalue weighted by Crippen LogP contribution is 2.46. The normalized spacial score (nSPS) is 20.2. The fourth-order valence-electron chi connectivity index (χ4n) is 4.29. The Bertz CT molecular complexity index is 743. The number of benzene rings is 1. The number of hydrogen-bond acceptors (Lipinski definition) is 6. The number of carbonyl (C=O) groups excluding carboxylic acids is 1. The Morgan fingerprint density at radius 2 is 1.70 bits per heavy atom. The third-order valence-corrected chi connectivity index (χ3v) is 5.50. The molecule has 1 amide bonds. The maximum absolute atomic E-state index is 13.3. The summed E-state index contributed by atoms with van der Waals surface area (Å²) in [6.07, 6.45) is 1.02. The van der Waals surface area contributed by atoms with Crippen LogP contribution < -0.4 is 0 Å². The standard InChI is InChI=1S/C20H28N2O5/c1-13-10-14(2)16(15(3)11-13)17-18(23)20(6-8-21(26-5)9-7-20)22(19(17)24)27-12-25-4/h10-11,23H,6-9,12H2,1-5H3. The summed E-state index contributed by atoms with van der Waals surface area (Å²) in [4.78, 5) is 24.3. The van der Waals surface area contributed by atoms with Gasteiger partial charge in [0.25, 0.3) is 5.91 Å². The van der Waals surface area contributed by atoms with E-state index in [1.54, 1.807) is 7.11 Å². The second kappa shape index (κ2) is 7.59. The number of carbonyl (C=O) groups is 1. The Morgan fingerprint density at radius 1 is 1.11 bits per heavy atom. The molecule has 0 aliphatic carbocycles. The summed E-state index contributed by atoms with van der Waals surface area (Å²) in [7, 11) is 3.13. The van der Waals surface area contributed by atoms with Gasteiger partial charge in [-0.1, -0.05) is 17.7 Å². The first-order valence-electron chi connectivity index (χ1n) is 9.13. The summed E-state index contributed by atoms with van der Waals surface area (Å²) in [5.74, 6) is -0.250. The first kappa shape index (κ1) is 19.8. The summed E-state index contributed by atoms with van der Waals surface area (Å²) in [6.45, 7) is 7.04. The largest absolute Gasteiger partial charge is 0.509 e. The molecule has 1 aromatic rings. The number of hydroxylamine groups is 4. The van der Waals surface area contributed by atoms with Crippen LogP contribution >= 0.6 is 0 Å². The Labute approximate surface area is 160 Å². The van der Waals surface area contributed by atoms with Crippen molar-refractivity contribution >= 4 is 11.5 Å². The number of aliphatic hydroxyl groups is 1. The van der Waals surface area contributed by atoms with Gasteiger partial charge < -0.3 is 14.7 Å². The van der Waals surface area contributed by atoms with Gasteiger partial charge in [0.1, 0.15) is 11.3 Å². The molecule has 7 nitrogen and oxygen atoms in total. The van der Waals surface area contributed by atoms with Gasteiger partial charge in [0.15, 0.2) is 6.79 Å². The van der Waals surface area contributed by atoms with Gasteiger partial charge in [-0.25, -0.2) is 9.90 Å². The van der Waals surface area contributed by atoms with Crippen molar-refractivity contribution in [2.45, 2.75) is 39.2 Å². The number of rotatable bonds is 5. The molecular formula is C20H28N2O5. The zero-order chi connectivity index (χ0) is 19.8. The molecule has 1 saturated heterocycles. The SMILES string of the molecule is COCON1C(=O)C(c2c(C)cc(C)cc2C)=C(O)C12CCN(OC)CC2. The van der Waals surface area contributed by atoms with Gasteiger partial charge in [-0.3, -0.25) is 4.79 Å². The van der Waals surface area contributed by atoms with Crippen LogP contribution in [0.1, 0.15) is 35.1 Å². The van der Waals surface area contributed by atoms with E-state index < -0.39 is 5.54 Å². The van der Waals surface area contributed by atoms with Gasteiger partial charge in [-0.2, -0.15) is 5.06 Å². The van der Waals surface area contributed by atoms with Crippen molar-refractivity contribution in [2.75, 3.05) is 34.1 Å². The molecule has 0 unspecified atom stereocenters. The minimum Gasteiger partial charge on any atom is -0.509 e. The van der Waals surface area contributed by atoms with E-state index in [2.05, 4.69) is 0 Å². The lowest BCUT2D eigenvalue weighted by Gasteiger charge is -2.42. The number of piperidine rings is 1. The molecule has 3 rings (SSSR count). The topological polar surface area (TPSA) is 71.5 Å². The van der Waals surface area contributed by atoms with Crippen LogP contribution in [-0.4, -0.2) is 60.8 Å². The Kier molecular flexibility index (Phi) is 5.58. The molecule has 1 N–H and O–H groups in total. The molecule has 148 valence electrons. The molecular weight excluding hydrogens is 348 g/mol. The van der Waals surface area contributed by atoms with Crippen LogP contribution in [0.4, 0.5) is 0 Å². The first-order chi connectivity index (χ1) is 12.9. The Hall–Kier alpha value is -1.93. The van der Waals surface area contributed by atoms with Crippen LogP contribution in [0.2, 0.25) is 0 Å². The van der Waals surface area contributed by atoms with Gasteiger partial charge >= 0.3 is 0 Å². The summed E-state index contributed by atoms with van der Waals surface area (Å²) >= 11 is 0. The maximum Gasteiger partial charge on any atom is 0.282 e. The monoisotopic (exact) mass is 376 g/mol. The fraction of sp³-hybridized carbons (Fsp3) is 0.550. The predicted molar refractivity (Wildman–Crippen MR) is 101 cm³/mol. The molecule has 27 heavy (non-hydrogen) atoms. The zero-order valence-corrected chi connectivity index (χ0v) is 16.7. The Morgan fingerprint density at radius 3 is 2.22 bits per heavy atom. The highest BCUT2D eigenvalue weighted by atomic mass is 16.8. The first-order valence-corrected chi connectivity index (χ1v) is 9.13. The number of aryl methyl sites for hydroxylation is 3. The van der Waals surface area contributed by atoms with Crippen molar-refractivity contribution in [3.63, 3.8) is 0 Å². The molecule has 1 aromatic carbocycles. The van der Waals surface area contributed by atoms with E-state index in [-0.39, 0.29) is 18.5 Å².